The van der Waals surface area contributed by atoms with E-state index in [2.05, 4.69) is 213 Å². The van der Waals surface area contributed by atoms with Crippen molar-refractivity contribution in [1.82, 2.24) is 0 Å². The molecule has 0 bridgehead atoms. The van der Waals surface area contributed by atoms with Crippen molar-refractivity contribution in [2.24, 2.45) is 0 Å². The average Bonchev–Trinajstić information content (AvgIpc) is 3.05. The summed E-state index contributed by atoms with van der Waals surface area (Å²) < 4.78 is 0. The topological polar surface area (TPSA) is 6.48 Å². The SMILES string of the molecule is C/C=C\C(=C/C)N(/C(C)=C/C=C(C)/C(C)=C/C=C(C)/C(C)=C/C=C(\C)N(C(/C=C\C)=C/C)c1ccccc1)c1ccccc1. The summed E-state index contributed by atoms with van der Waals surface area (Å²) in [6, 6.07) is 21.0. The molecule has 0 atom stereocenters. The Balaban J connectivity index is 2.32. The number of hydrogen-bond donors (Lipinski definition) is 0. The second-order valence-corrected chi connectivity index (χ2v) is 10.8. The van der Waals surface area contributed by atoms with Gasteiger partial charge in [-0.3, -0.25) is 0 Å². The van der Waals surface area contributed by atoms with Crippen molar-refractivity contribution in [1.29, 1.82) is 0 Å². The first-order chi connectivity index (χ1) is 21.2. The van der Waals surface area contributed by atoms with E-state index in [1.807, 2.05) is 0 Å². The quantitative estimate of drug-likeness (QED) is 0.216. The van der Waals surface area contributed by atoms with Crippen LogP contribution in [0.15, 0.2) is 179 Å². The molecule has 2 aromatic rings. The lowest BCUT2D eigenvalue weighted by molar-refractivity contribution is 1.09. The van der Waals surface area contributed by atoms with Crippen LogP contribution >= 0.6 is 0 Å². The Morgan fingerprint density at radius 2 is 0.727 bits per heavy atom. The zero-order chi connectivity index (χ0) is 32.5. The molecule has 2 nitrogen and oxygen atoms in total. The van der Waals surface area contributed by atoms with E-state index in [-0.39, 0.29) is 0 Å². The summed E-state index contributed by atoms with van der Waals surface area (Å²) in [5.74, 6) is 0. The van der Waals surface area contributed by atoms with Crippen LogP contribution in [0, 0.1) is 0 Å². The average molecular weight is 585 g/mol. The maximum Gasteiger partial charge on any atom is 0.0458 e. The molecule has 0 aliphatic heterocycles. The molecule has 0 saturated heterocycles. The molecule has 0 amide bonds. The molecular weight excluding hydrogens is 532 g/mol. The van der Waals surface area contributed by atoms with E-state index in [0.29, 0.717) is 0 Å². The van der Waals surface area contributed by atoms with E-state index in [1.54, 1.807) is 0 Å². The van der Waals surface area contributed by atoms with Gasteiger partial charge in [0.15, 0.2) is 0 Å². The summed E-state index contributed by atoms with van der Waals surface area (Å²) in [7, 11) is 0. The highest BCUT2D eigenvalue weighted by Gasteiger charge is 2.12. The lowest BCUT2D eigenvalue weighted by Crippen LogP contribution is -2.19. The standard InChI is InChI=1S/C42H52N2/c1-11-21-39(13-3)43(41-23-17-15-18-24-41)37(9)31-29-35(7)33(5)27-28-34(6)36(8)30-32-38(10)44(40(14-4)22-12-2)42-25-19-16-20-26-42/h11-32H,1-10H3/b21-11-,22-12-,33-27+,34-28+,35-29+,36-30+,37-31+,38-32+,39-13+,40-14+. The van der Waals surface area contributed by atoms with Gasteiger partial charge in [0.1, 0.15) is 0 Å². The van der Waals surface area contributed by atoms with Gasteiger partial charge < -0.3 is 9.80 Å². The highest BCUT2D eigenvalue weighted by atomic mass is 15.2. The first-order valence-corrected chi connectivity index (χ1v) is 15.5. The van der Waals surface area contributed by atoms with Crippen molar-refractivity contribution in [2.75, 3.05) is 9.80 Å². The first-order valence-electron chi connectivity index (χ1n) is 15.5. The Morgan fingerprint density at radius 1 is 0.432 bits per heavy atom. The molecule has 0 N–H and O–H groups in total. The van der Waals surface area contributed by atoms with Crippen LogP contribution in [0.3, 0.4) is 0 Å². The van der Waals surface area contributed by atoms with Crippen LogP contribution in [-0.2, 0) is 0 Å². The van der Waals surface area contributed by atoms with Crippen molar-refractivity contribution in [3.8, 4) is 0 Å². The highest BCUT2D eigenvalue weighted by Crippen LogP contribution is 2.27. The number of nitrogens with zero attached hydrogens (tertiary/aromatic N) is 2. The van der Waals surface area contributed by atoms with E-state index < -0.39 is 0 Å². The minimum Gasteiger partial charge on any atom is -0.315 e. The molecular formula is C42H52N2. The number of hydrogen-bond acceptors (Lipinski definition) is 2. The summed E-state index contributed by atoms with van der Waals surface area (Å²) in [6.07, 6.45) is 26.0. The van der Waals surface area contributed by atoms with Crippen molar-refractivity contribution in [3.63, 3.8) is 0 Å². The number of rotatable bonds is 13. The number of benzene rings is 2. The molecule has 44 heavy (non-hydrogen) atoms. The summed E-state index contributed by atoms with van der Waals surface area (Å²) in [5, 5.41) is 0. The normalized spacial score (nSPS) is 15.0. The molecule has 0 unspecified atom stereocenters. The summed E-state index contributed by atoms with van der Waals surface area (Å²) in [6.45, 7) is 21.3. The van der Waals surface area contributed by atoms with Gasteiger partial charge in [0.05, 0.1) is 0 Å². The molecule has 0 aliphatic rings. The van der Waals surface area contributed by atoms with Crippen LogP contribution in [0.2, 0.25) is 0 Å². The summed E-state index contributed by atoms with van der Waals surface area (Å²) in [5.41, 5.74) is 11.8. The molecule has 0 aliphatic carbocycles. The maximum atomic E-state index is 2.28. The fourth-order valence-electron chi connectivity index (χ4n) is 4.62. The highest BCUT2D eigenvalue weighted by molar-refractivity contribution is 5.61. The third-order valence-electron chi connectivity index (χ3n) is 7.49. The minimum atomic E-state index is 1.14. The van der Waals surface area contributed by atoms with Gasteiger partial charge in [-0.2, -0.15) is 0 Å². The van der Waals surface area contributed by atoms with Crippen molar-refractivity contribution >= 4 is 11.4 Å². The van der Waals surface area contributed by atoms with Crippen LogP contribution in [0.5, 0.6) is 0 Å². The third kappa shape index (κ3) is 10.6. The van der Waals surface area contributed by atoms with Gasteiger partial charge in [-0.15, -0.1) is 0 Å². The minimum absolute atomic E-state index is 1.14. The maximum absolute atomic E-state index is 2.28. The predicted molar refractivity (Wildman–Crippen MR) is 198 cm³/mol. The zero-order valence-corrected chi connectivity index (χ0v) is 28.6. The van der Waals surface area contributed by atoms with Crippen LogP contribution in [0.4, 0.5) is 11.4 Å². The Morgan fingerprint density at radius 3 is 1.00 bits per heavy atom. The van der Waals surface area contributed by atoms with Crippen LogP contribution < -0.4 is 9.80 Å². The van der Waals surface area contributed by atoms with Gasteiger partial charge >= 0.3 is 0 Å². The zero-order valence-electron chi connectivity index (χ0n) is 28.6. The molecule has 0 spiro atoms. The fourth-order valence-corrected chi connectivity index (χ4v) is 4.62. The van der Waals surface area contributed by atoms with E-state index >= 15 is 0 Å². The molecule has 0 radical (unpaired) electrons. The molecule has 0 aromatic heterocycles. The van der Waals surface area contributed by atoms with Gasteiger partial charge in [0.2, 0.25) is 0 Å². The lowest BCUT2D eigenvalue weighted by atomic mass is 10.0. The summed E-state index contributed by atoms with van der Waals surface area (Å²) in [4.78, 5) is 4.57. The van der Waals surface area contributed by atoms with Gasteiger partial charge in [-0.05, 0) is 140 Å². The van der Waals surface area contributed by atoms with Crippen LogP contribution in [0.1, 0.15) is 69.2 Å². The molecule has 230 valence electrons. The van der Waals surface area contributed by atoms with Crippen LogP contribution in [-0.4, -0.2) is 0 Å². The fraction of sp³-hybridized carbons (Fsp3) is 0.238. The number of allylic oxidation sites excluding steroid dienone is 18. The van der Waals surface area contributed by atoms with Crippen molar-refractivity contribution < 1.29 is 0 Å². The second-order valence-electron chi connectivity index (χ2n) is 10.8. The molecule has 2 heteroatoms. The van der Waals surface area contributed by atoms with Crippen molar-refractivity contribution in [3.05, 3.63) is 179 Å². The Hall–Kier alpha value is -4.56. The van der Waals surface area contributed by atoms with Gasteiger partial charge in [0.25, 0.3) is 0 Å². The molecule has 0 fully saturated rings. The summed E-state index contributed by atoms with van der Waals surface area (Å²) >= 11 is 0. The lowest BCUT2D eigenvalue weighted by Gasteiger charge is -2.26. The van der Waals surface area contributed by atoms with E-state index in [9.17, 15) is 0 Å². The van der Waals surface area contributed by atoms with Gasteiger partial charge in [-0.25, -0.2) is 0 Å². The molecule has 0 saturated carbocycles. The molecule has 2 rings (SSSR count). The smallest absolute Gasteiger partial charge is 0.0458 e. The monoisotopic (exact) mass is 584 g/mol. The van der Waals surface area contributed by atoms with E-state index in [4.69, 9.17) is 0 Å². The van der Waals surface area contributed by atoms with E-state index in [1.165, 1.54) is 22.3 Å². The Labute approximate surface area is 268 Å². The second kappa shape index (κ2) is 18.9. The molecule has 0 heterocycles. The Kier molecular flexibility index (Phi) is 15.3. The number of para-hydroxylation sites is 2. The Bertz CT molecular complexity index is 1400. The van der Waals surface area contributed by atoms with E-state index in [0.717, 1.165) is 34.2 Å². The van der Waals surface area contributed by atoms with Crippen molar-refractivity contribution in [2.45, 2.75) is 69.2 Å². The van der Waals surface area contributed by atoms with Crippen LogP contribution in [0.25, 0.3) is 0 Å². The predicted octanol–water partition coefficient (Wildman–Crippen LogP) is 12.6. The molecule has 2 aromatic carbocycles. The van der Waals surface area contributed by atoms with Gasteiger partial charge in [0, 0.05) is 34.2 Å². The van der Waals surface area contributed by atoms with Gasteiger partial charge in [-0.1, -0.05) is 85.0 Å². The number of anilines is 2. The third-order valence-corrected chi connectivity index (χ3v) is 7.49. The largest absolute Gasteiger partial charge is 0.315 e. The first kappa shape index (κ1) is 35.6.